The number of rotatable bonds is 5. The molecule has 0 aliphatic carbocycles. The number of piperazine rings is 1. The Hall–Kier alpha value is -2.18. The lowest BCUT2D eigenvalue weighted by molar-refractivity contribution is 0.0637. The lowest BCUT2D eigenvalue weighted by Crippen LogP contribution is -2.50. The van der Waals surface area contributed by atoms with Gasteiger partial charge in [-0.15, -0.1) is 11.3 Å². The highest BCUT2D eigenvalue weighted by Crippen LogP contribution is 2.13. The van der Waals surface area contributed by atoms with Gasteiger partial charge in [-0.2, -0.15) is 0 Å². The van der Waals surface area contributed by atoms with Gasteiger partial charge in [0.15, 0.2) is 0 Å². The van der Waals surface area contributed by atoms with Crippen LogP contribution in [0.3, 0.4) is 0 Å². The SMILES string of the molecule is Cc1ccccc1C(=O)N1CCN(CCNC(=O)c2cccs2)CC1. The number of carbonyl (C=O) groups excluding carboxylic acids is 2. The molecule has 1 saturated heterocycles. The molecule has 132 valence electrons. The van der Waals surface area contributed by atoms with Crippen LogP contribution in [0.5, 0.6) is 0 Å². The molecule has 0 spiro atoms. The van der Waals surface area contributed by atoms with Crippen LogP contribution in [0.4, 0.5) is 0 Å². The van der Waals surface area contributed by atoms with Gasteiger partial charge in [0.05, 0.1) is 4.88 Å². The number of amides is 2. The lowest BCUT2D eigenvalue weighted by Gasteiger charge is -2.35. The molecule has 6 heteroatoms. The predicted octanol–water partition coefficient (Wildman–Crippen LogP) is 2.24. The number of nitrogens with zero attached hydrogens (tertiary/aromatic N) is 2. The Morgan fingerprint density at radius 3 is 2.52 bits per heavy atom. The van der Waals surface area contributed by atoms with Gasteiger partial charge in [0.2, 0.25) is 0 Å². The second-order valence-electron chi connectivity index (χ2n) is 6.18. The molecule has 1 fully saturated rings. The zero-order valence-electron chi connectivity index (χ0n) is 14.4. The number of nitrogens with one attached hydrogen (secondary N) is 1. The van der Waals surface area contributed by atoms with E-state index < -0.39 is 0 Å². The summed E-state index contributed by atoms with van der Waals surface area (Å²) in [4.78, 5) is 29.5. The van der Waals surface area contributed by atoms with Crippen LogP contribution in [0.2, 0.25) is 0 Å². The number of hydrogen-bond donors (Lipinski definition) is 1. The number of thiophene rings is 1. The molecule has 0 bridgehead atoms. The van der Waals surface area contributed by atoms with E-state index in [2.05, 4.69) is 10.2 Å². The first-order valence-corrected chi connectivity index (χ1v) is 9.42. The van der Waals surface area contributed by atoms with Gasteiger partial charge in [-0.25, -0.2) is 0 Å². The molecule has 0 radical (unpaired) electrons. The minimum absolute atomic E-state index is 0.0108. The molecule has 1 N–H and O–H groups in total. The van der Waals surface area contributed by atoms with Crippen molar-refractivity contribution in [1.29, 1.82) is 0 Å². The normalized spacial score (nSPS) is 15.2. The van der Waals surface area contributed by atoms with E-state index in [0.29, 0.717) is 6.54 Å². The van der Waals surface area contributed by atoms with Gasteiger partial charge in [0.1, 0.15) is 0 Å². The zero-order chi connectivity index (χ0) is 17.6. The first-order valence-electron chi connectivity index (χ1n) is 8.54. The van der Waals surface area contributed by atoms with E-state index in [-0.39, 0.29) is 11.8 Å². The molecule has 0 unspecified atom stereocenters. The van der Waals surface area contributed by atoms with Crippen LogP contribution in [0.1, 0.15) is 25.6 Å². The van der Waals surface area contributed by atoms with Crippen LogP contribution in [0, 0.1) is 6.92 Å². The zero-order valence-corrected chi connectivity index (χ0v) is 15.2. The van der Waals surface area contributed by atoms with Gasteiger partial charge in [0.25, 0.3) is 11.8 Å². The Morgan fingerprint density at radius 1 is 1.08 bits per heavy atom. The van der Waals surface area contributed by atoms with E-state index in [9.17, 15) is 9.59 Å². The highest BCUT2D eigenvalue weighted by Gasteiger charge is 2.22. The summed E-state index contributed by atoms with van der Waals surface area (Å²) in [6.45, 7) is 6.54. The standard InChI is InChI=1S/C19H23N3O2S/c1-15-5-2-3-6-16(15)19(24)22-12-10-21(11-13-22)9-8-20-18(23)17-7-4-14-25-17/h2-7,14H,8-13H2,1H3,(H,20,23). The van der Waals surface area contributed by atoms with Gasteiger partial charge in [-0.05, 0) is 30.0 Å². The average Bonchev–Trinajstić information content (AvgIpc) is 3.17. The maximum atomic E-state index is 12.6. The Morgan fingerprint density at radius 2 is 1.84 bits per heavy atom. The van der Waals surface area contributed by atoms with Crippen LogP contribution in [0.25, 0.3) is 0 Å². The maximum Gasteiger partial charge on any atom is 0.261 e. The first kappa shape index (κ1) is 17.6. The molecule has 1 aromatic carbocycles. The summed E-state index contributed by atoms with van der Waals surface area (Å²) >= 11 is 1.45. The largest absolute Gasteiger partial charge is 0.350 e. The molecule has 0 saturated carbocycles. The third-order valence-electron chi connectivity index (χ3n) is 4.49. The Labute approximate surface area is 152 Å². The van der Waals surface area contributed by atoms with Crippen molar-refractivity contribution in [3.63, 3.8) is 0 Å². The van der Waals surface area contributed by atoms with E-state index in [0.717, 1.165) is 48.7 Å². The number of aryl methyl sites for hydroxylation is 1. The van der Waals surface area contributed by atoms with Crippen molar-refractivity contribution in [3.05, 3.63) is 57.8 Å². The number of benzene rings is 1. The van der Waals surface area contributed by atoms with Crippen molar-refractivity contribution >= 4 is 23.2 Å². The Balaban J connectivity index is 1.42. The fourth-order valence-corrected chi connectivity index (χ4v) is 3.62. The van der Waals surface area contributed by atoms with Crippen LogP contribution >= 0.6 is 11.3 Å². The highest BCUT2D eigenvalue weighted by molar-refractivity contribution is 7.12. The van der Waals surface area contributed by atoms with Crippen molar-refractivity contribution in [1.82, 2.24) is 15.1 Å². The molecular formula is C19H23N3O2S. The smallest absolute Gasteiger partial charge is 0.261 e. The second-order valence-corrected chi connectivity index (χ2v) is 7.13. The van der Waals surface area contributed by atoms with E-state index in [4.69, 9.17) is 0 Å². The Kier molecular flexibility index (Phi) is 5.83. The quantitative estimate of drug-likeness (QED) is 0.893. The molecule has 2 amide bonds. The molecule has 1 aliphatic heterocycles. The third-order valence-corrected chi connectivity index (χ3v) is 5.36. The fraction of sp³-hybridized carbons (Fsp3) is 0.368. The molecule has 2 heterocycles. The van der Waals surface area contributed by atoms with E-state index >= 15 is 0 Å². The molecule has 3 rings (SSSR count). The highest BCUT2D eigenvalue weighted by atomic mass is 32.1. The minimum Gasteiger partial charge on any atom is -0.350 e. The minimum atomic E-state index is -0.0108. The van der Waals surface area contributed by atoms with E-state index in [1.54, 1.807) is 0 Å². The molecule has 25 heavy (non-hydrogen) atoms. The molecule has 5 nitrogen and oxygen atoms in total. The van der Waals surface area contributed by atoms with Gasteiger partial charge in [0, 0.05) is 44.8 Å². The maximum absolute atomic E-state index is 12.6. The summed E-state index contributed by atoms with van der Waals surface area (Å²) in [7, 11) is 0. The summed E-state index contributed by atoms with van der Waals surface area (Å²) in [5.41, 5.74) is 1.81. The average molecular weight is 357 g/mol. The Bertz CT molecular complexity index is 722. The summed E-state index contributed by atoms with van der Waals surface area (Å²) in [5.74, 6) is 0.104. The summed E-state index contributed by atoms with van der Waals surface area (Å²) in [6, 6.07) is 11.4. The summed E-state index contributed by atoms with van der Waals surface area (Å²) < 4.78 is 0. The predicted molar refractivity (Wildman–Crippen MR) is 100 cm³/mol. The molecule has 0 atom stereocenters. The van der Waals surface area contributed by atoms with Crippen LogP contribution < -0.4 is 5.32 Å². The topological polar surface area (TPSA) is 52.7 Å². The van der Waals surface area contributed by atoms with E-state index in [1.807, 2.05) is 53.6 Å². The van der Waals surface area contributed by atoms with Gasteiger partial charge in [-0.1, -0.05) is 24.3 Å². The van der Waals surface area contributed by atoms with Crippen LogP contribution in [-0.4, -0.2) is 60.9 Å². The van der Waals surface area contributed by atoms with Crippen molar-refractivity contribution in [2.45, 2.75) is 6.92 Å². The van der Waals surface area contributed by atoms with Gasteiger partial charge >= 0.3 is 0 Å². The van der Waals surface area contributed by atoms with Crippen LogP contribution in [0.15, 0.2) is 41.8 Å². The molecule has 1 aromatic heterocycles. The molecule has 2 aromatic rings. The molecular weight excluding hydrogens is 334 g/mol. The first-order chi connectivity index (χ1) is 12.1. The molecule has 1 aliphatic rings. The summed E-state index contributed by atoms with van der Waals surface area (Å²) in [5, 5.41) is 4.85. The number of hydrogen-bond acceptors (Lipinski definition) is 4. The van der Waals surface area contributed by atoms with Crippen molar-refractivity contribution < 1.29 is 9.59 Å². The van der Waals surface area contributed by atoms with Crippen LogP contribution in [-0.2, 0) is 0 Å². The van der Waals surface area contributed by atoms with E-state index in [1.165, 1.54) is 11.3 Å². The summed E-state index contributed by atoms with van der Waals surface area (Å²) in [6.07, 6.45) is 0. The number of carbonyl (C=O) groups is 2. The third kappa shape index (κ3) is 4.46. The van der Waals surface area contributed by atoms with Crippen molar-refractivity contribution in [2.75, 3.05) is 39.3 Å². The monoisotopic (exact) mass is 357 g/mol. The second kappa shape index (κ2) is 8.27. The van der Waals surface area contributed by atoms with Gasteiger partial charge in [-0.3, -0.25) is 14.5 Å². The van der Waals surface area contributed by atoms with Crippen molar-refractivity contribution in [3.8, 4) is 0 Å². The fourth-order valence-electron chi connectivity index (χ4n) is 2.98. The lowest BCUT2D eigenvalue weighted by atomic mass is 10.1. The van der Waals surface area contributed by atoms with Crippen molar-refractivity contribution in [2.24, 2.45) is 0 Å². The van der Waals surface area contributed by atoms with Gasteiger partial charge < -0.3 is 10.2 Å².